The highest BCUT2D eigenvalue weighted by atomic mass is 32.2. The van der Waals surface area contributed by atoms with Gasteiger partial charge in [-0.25, -0.2) is 8.42 Å². The molecule has 1 amide bonds. The van der Waals surface area contributed by atoms with Crippen LogP contribution >= 0.6 is 0 Å². The van der Waals surface area contributed by atoms with Crippen LogP contribution in [0.2, 0.25) is 0 Å². The molecule has 40 heavy (non-hydrogen) atoms. The van der Waals surface area contributed by atoms with Crippen LogP contribution in [0.4, 0.5) is 0 Å². The number of aliphatic carboxylic acids is 1. The van der Waals surface area contributed by atoms with Crippen LogP contribution in [0.1, 0.15) is 55.7 Å². The summed E-state index contributed by atoms with van der Waals surface area (Å²) in [5.74, 6) is -0.644. The number of unbranched alkanes of at least 4 members (excludes halogenated alkanes) is 1. The molecule has 0 aliphatic carbocycles. The van der Waals surface area contributed by atoms with Gasteiger partial charge < -0.3 is 15.2 Å². The minimum atomic E-state index is -4.01. The third-order valence-corrected chi connectivity index (χ3v) is 8.84. The van der Waals surface area contributed by atoms with Crippen LogP contribution < -0.4 is 10.1 Å². The summed E-state index contributed by atoms with van der Waals surface area (Å²) in [5, 5.41) is 13.0. The number of rotatable bonds is 12. The Bertz CT molecular complexity index is 1410. The molecule has 3 aromatic carbocycles. The van der Waals surface area contributed by atoms with Crippen LogP contribution in [0.5, 0.6) is 11.5 Å². The van der Waals surface area contributed by atoms with Gasteiger partial charge in [-0.15, -0.1) is 0 Å². The molecule has 2 N–H and O–H groups in total. The Morgan fingerprint density at radius 2 is 1.50 bits per heavy atom. The van der Waals surface area contributed by atoms with E-state index in [0.717, 1.165) is 21.0 Å². The van der Waals surface area contributed by atoms with Crippen molar-refractivity contribution in [2.45, 2.75) is 56.9 Å². The summed E-state index contributed by atoms with van der Waals surface area (Å²) in [6.45, 7) is 6.01. The summed E-state index contributed by atoms with van der Waals surface area (Å²) in [6.07, 6.45) is 1.06. The third kappa shape index (κ3) is 6.54. The SMILES string of the molecule is Cc1ccc(S(=O)(=O)N(CC(C)C)[C@@H](CCCCNC(=O)C2c3ccccc3Oc3ccccc32)C(=O)O)cc1. The molecule has 8 nitrogen and oxygen atoms in total. The average Bonchev–Trinajstić information content (AvgIpc) is 2.92. The minimum absolute atomic E-state index is 0.0633. The Balaban J connectivity index is 1.41. The maximum absolute atomic E-state index is 13.5. The number of carbonyl (C=O) groups excluding carboxylic acids is 1. The second-order valence-corrected chi connectivity index (χ2v) is 12.4. The zero-order valence-corrected chi connectivity index (χ0v) is 23.9. The van der Waals surface area contributed by atoms with E-state index in [2.05, 4.69) is 5.32 Å². The number of ether oxygens (including phenoxy) is 1. The number of nitrogens with one attached hydrogen (secondary N) is 1. The zero-order chi connectivity index (χ0) is 28.9. The van der Waals surface area contributed by atoms with E-state index in [1.807, 2.05) is 69.3 Å². The molecule has 0 bridgehead atoms. The quantitative estimate of drug-likeness (QED) is 0.288. The van der Waals surface area contributed by atoms with Crippen molar-refractivity contribution in [2.75, 3.05) is 13.1 Å². The molecule has 0 spiro atoms. The fraction of sp³-hybridized carbons (Fsp3) is 0.355. The number of amides is 1. The number of para-hydroxylation sites is 2. The summed E-state index contributed by atoms with van der Waals surface area (Å²) in [4.78, 5) is 25.7. The number of aryl methyl sites for hydroxylation is 1. The van der Waals surface area contributed by atoms with E-state index in [1.54, 1.807) is 12.1 Å². The van der Waals surface area contributed by atoms with Crippen molar-refractivity contribution in [3.63, 3.8) is 0 Å². The number of carboxylic acids is 1. The third-order valence-electron chi connectivity index (χ3n) is 6.95. The van der Waals surface area contributed by atoms with Crippen molar-refractivity contribution < 1.29 is 27.9 Å². The lowest BCUT2D eigenvalue weighted by Gasteiger charge is -2.30. The first-order valence-electron chi connectivity index (χ1n) is 13.5. The molecule has 0 aromatic heterocycles. The highest BCUT2D eigenvalue weighted by Crippen LogP contribution is 2.43. The Labute approximate surface area is 236 Å². The topological polar surface area (TPSA) is 113 Å². The van der Waals surface area contributed by atoms with E-state index in [9.17, 15) is 23.1 Å². The van der Waals surface area contributed by atoms with E-state index in [0.29, 0.717) is 30.9 Å². The number of benzene rings is 3. The molecule has 9 heteroatoms. The maximum atomic E-state index is 13.5. The van der Waals surface area contributed by atoms with Gasteiger partial charge in [0.25, 0.3) is 0 Å². The number of fused-ring (bicyclic) bond motifs is 2. The molecular formula is C31H36N2O6S. The molecule has 1 heterocycles. The molecule has 0 saturated carbocycles. The van der Waals surface area contributed by atoms with Crippen LogP contribution in [-0.4, -0.2) is 48.8 Å². The zero-order valence-electron chi connectivity index (χ0n) is 23.0. The average molecular weight is 565 g/mol. The minimum Gasteiger partial charge on any atom is -0.480 e. The molecule has 1 aliphatic heterocycles. The van der Waals surface area contributed by atoms with Crippen molar-refractivity contribution in [3.8, 4) is 11.5 Å². The lowest BCUT2D eigenvalue weighted by atomic mass is 9.87. The van der Waals surface area contributed by atoms with Gasteiger partial charge in [-0.05, 0) is 56.4 Å². The first kappa shape index (κ1) is 29.3. The molecule has 0 saturated heterocycles. The molecule has 1 atom stereocenters. The van der Waals surface area contributed by atoms with E-state index in [1.165, 1.54) is 12.1 Å². The normalized spacial score (nSPS) is 13.8. The highest BCUT2D eigenvalue weighted by molar-refractivity contribution is 7.89. The summed E-state index contributed by atoms with van der Waals surface area (Å²) >= 11 is 0. The lowest BCUT2D eigenvalue weighted by Crippen LogP contribution is -2.46. The predicted octanol–water partition coefficient (Wildman–Crippen LogP) is 5.32. The Morgan fingerprint density at radius 3 is 2.05 bits per heavy atom. The molecule has 0 unspecified atom stereocenters. The Morgan fingerprint density at radius 1 is 0.925 bits per heavy atom. The van der Waals surface area contributed by atoms with Crippen LogP contribution in [-0.2, 0) is 19.6 Å². The number of nitrogens with zero attached hydrogens (tertiary/aromatic N) is 1. The number of carbonyl (C=O) groups is 2. The van der Waals surface area contributed by atoms with Gasteiger partial charge in [0, 0.05) is 24.2 Å². The highest BCUT2D eigenvalue weighted by Gasteiger charge is 2.36. The molecule has 1 aliphatic rings. The molecule has 0 fully saturated rings. The number of sulfonamides is 1. The van der Waals surface area contributed by atoms with Crippen LogP contribution in [0.25, 0.3) is 0 Å². The first-order chi connectivity index (χ1) is 19.1. The van der Waals surface area contributed by atoms with Crippen LogP contribution in [0, 0.1) is 12.8 Å². The number of carboxylic acid groups (broad SMARTS) is 1. The molecule has 4 rings (SSSR count). The lowest BCUT2D eigenvalue weighted by molar-refractivity contribution is -0.142. The van der Waals surface area contributed by atoms with Crippen molar-refractivity contribution in [3.05, 3.63) is 89.5 Å². The van der Waals surface area contributed by atoms with E-state index in [4.69, 9.17) is 4.74 Å². The standard InChI is InChI=1S/C31H36N2O6S/c1-21(2)20-33(40(37,38)23-17-15-22(3)16-18-23)26(31(35)36)12-8-9-19-32-30(34)29-24-10-4-6-13-27(24)39-28-14-7-5-11-25(28)29/h4-7,10-11,13-18,21,26,29H,8-9,12,19-20H2,1-3H3,(H,32,34)(H,35,36)/t26-/m0/s1. The summed E-state index contributed by atoms with van der Waals surface area (Å²) in [7, 11) is -4.01. The molecule has 0 radical (unpaired) electrons. The maximum Gasteiger partial charge on any atom is 0.322 e. The van der Waals surface area contributed by atoms with Gasteiger partial charge in [-0.2, -0.15) is 4.31 Å². The largest absolute Gasteiger partial charge is 0.480 e. The fourth-order valence-corrected chi connectivity index (χ4v) is 6.73. The molecule has 3 aromatic rings. The smallest absolute Gasteiger partial charge is 0.322 e. The second kappa shape index (κ2) is 12.7. The van der Waals surface area contributed by atoms with Gasteiger partial charge in [-0.1, -0.05) is 67.9 Å². The van der Waals surface area contributed by atoms with Crippen molar-refractivity contribution in [1.82, 2.24) is 9.62 Å². The van der Waals surface area contributed by atoms with Crippen LogP contribution in [0.3, 0.4) is 0 Å². The van der Waals surface area contributed by atoms with Crippen molar-refractivity contribution >= 4 is 21.9 Å². The van der Waals surface area contributed by atoms with Gasteiger partial charge in [0.15, 0.2) is 0 Å². The number of hydrogen-bond donors (Lipinski definition) is 2. The summed E-state index contributed by atoms with van der Waals surface area (Å²) < 4.78 is 34.0. The Kier molecular flexibility index (Phi) is 9.27. The van der Waals surface area contributed by atoms with E-state index in [-0.39, 0.29) is 29.7 Å². The first-order valence-corrected chi connectivity index (χ1v) is 15.0. The van der Waals surface area contributed by atoms with Gasteiger partial charge in [0.05, 0.1) is 10.8 Å². The van der Waals surface area contributed by atoms with Gasteiger partial charge in [0.2, 0.25) is 15.9 Å². The van der Waals surface area contributed by atoms with Crippen molar-refractivity contribution in [1.29, 1.82) is 0 Å². The van der Waals surface area contributed by atoms with Gasteiger partial charge >= 0.3 is 5.97 Å². The molecular weight excluding hydrogens is 528 g/mol. The van der Waals surface area contributed by atoms with Crippen LogP contribution in [0.15, 0.2) is 77.7 Å². The summed E-state index contributed by atoms with van der Waals surface area (Å²) in [5.41, 5.74) is 2.49. The summed E-state index contributed by atoms with van der Waals surface area (Å²) in [6, 6.07) is 20.1. The number of hydrogen-bond acceptors (Lipinski definition) is 5. The second-order valence-electron chi connectivity index (χ2n) is 10.5. The fourth-order valence-electron chi connectivity index (χ4n) is 4.96. The van der Waals surface area contributed by atoms with Gasteiger partial charge in [0.1, 0.15) is 17.5 Å². The van der Waals surface area contributed by atoms with E-state index >= 15 is 0 Å². The predicted molar refractivity (Wildman–Crippen MR) is 153 cm³/mol. The Hall–Kier alpha value is -3.69. The van der Waals surface area contributed by atoms with Crippen molar-refractivity contribution in [2.24, 2.45) is 5.92 Å². The molecule has 212 valence electrons. The van der Waals surface area contributed by atoms with E-state index < -0.39 is 28.0 Å². The monoisotopic (exact) mass is 564 g/mol. The van der Waals surface area contributed by atoms with Gasteiger partial charge in [-0.3, -0.25) is 9.59 Å².